The van der Waals surface area contributed by atoms with Crippen molar-refractivity contribution in [2.24, 2.45) is 5.73 Å². The van der Waals surface area contributed by atoms with E-state index in [2.05, 4.69) is 4.98 Å². The summed E-state index contributed by atoms with van der Waals surface area (Å²) >= 11 is 5.92. The van der Waals surface area contributed by atoms with Crippen molar-refractivity contribution in [1.29, 1.82) is 0 Å². The van der Waals surface area contributed by atoms with Crippen molar-refractivity contribution >= 4 is 11.6 Å². The predicted molar refractivity (Wildman–Crippen MR) is 64.2 cm³/mol. The summed E-state index contributed by atoms with van der Waals surface area (Å²) in [7, 11) is 0. The van der Waals surface area contributed by atoms with E-state index >= 15 is 0 Å². The van der Waals surface area contributed by atoms with Crippen molar-refractivity contribution in [2.45, 2.75) is 6.42 Å². The SMILES string of the molecule is NCCc1cccc(-n2c(Cl)c[nH]c2=O)c1. The molecule has 0 amide bonds. The van der Waals surface area contributed by atoms with E-state index in [1.807, 2.05) is 24.3 Å². The number of halogens is 1. The van der Waals surface area contributed by atoms with Gasteiger partial charge in [-0.05, 0) is 30.7 Å². The lowest BCUT2D eigenvalue weighted by atomic mass is 10.1. The lowest BCUT2D eigenvalue weighted by molar-refractivity contribution is 0.948. The number of nitrogens with two attached hydrogens (primary N) is 1. The fourth-order valence-corrected chi connectivity index (χ4v) is 1.83. The van der Waals surface area contributed by atoms with Gasteiger partial charge in [0.15, 0.2) is 0 Å². The molecule has 0 radical (unpaired) electrons. The van der Waals surface area contributed by atoms with Crippen LogP contribution in [-0.4, -0.2) is 16.1 Å². The third kappa shape index (κ3) is 2.03. The van der Waals surface area contributed by atoms with Gasteiger partial charge in [0, 0.05) is 6.20 Å². The molecule has 0 saturated carbocycles. The quantitative estimate of drug-likeness (QED) is 0.846. The fraction of sp³-hybridized carbons (Fsp3) is 0.182. The molecule has 3 N–H and O–H groups in total. The molecule has 0 saturated heterocycles. The van der Waals surface area contributed by atoms with Gasteiger partial charge in [-0.25, -0.2) is 4.79 Å². The average Bonchev–Trinajstić information content (AvgIpc) is 2.59. The van der Waals surface area contributed by atoms with Crippen molar-refractivity contribution in [3.8, 4) is 5.69 Å². The number of benzene rings is 1. The van der Waals surface area contributed by atoms with E-state index < -0.39 is 0 Å². The van der Waals surface area contributed by atoms with E-state index in [1.54, 1.807) is 0 Å². The smallest absolute Gasteiger partial charge is 0.330 e. The van der Waals surface area contributed by atoms with Crippen molar-refractivity contribution < 1.29 is 0 Å². The second-order valence-corrected chi connectivity index (χ2v) is 3.85. The van der Waals surface area contributed by atoms with Crippen LogP contribution in [0.4, 0.5) is 0 Å². The van der Waals surface area contributed by atoms with Crippen LogP contribution < -0.4 is 11.4 Å². The van der Waals surface area contributed by atoms with Crippen LogP contribution in [0.15, 0.2) is 35.3 Å². The van der Waals surface area contributed by atoms with Crippen LogP contribution in [0.3, 0.4) is 0 Å². The first-order chi connectivity index (χ1) is 7.72. The number of hydrogen-bond donors (Lipinski definition) is 2. The Morgan fingerprint density at radius 2 is 2.25 bits per heavy atom. The van der Waals surface area contributed by atoms with Crippen molar-refractivity contribution in [3.05, 3.63) is 51.7 Å². The lowest BCUT2D eigenvalue weighted by Crippen LogP contribution is -2.15. The summed E-state index contributed by atoms with van der Waals surface area (Å²) in [6.45, 7) is 0.583. The van der Waals surface area contributed by atoms with Gasteiger partial charge in [0.25, 0.3) is 0 Å². The van der Waals surface area contributed by atoms with Crippen LogP contribution in [0.25, 0.3) is 5.69 Å². The number of rotatable bonds is 3. The molecular weight excluding hydrogens is 226 g/mol. The number of imidazole rings is 1. The Morgan fingerprint density at radius 1 is 1.44 bits per heavy atom. The monoisotopic (exact) mass is 237 g/mol. The Hall–Kier alpha value is -1.52. The Morgan fingerprint density at radius 3 is 2.88 bits per heavy atom. The van der Waals surface area contributed by atoms with Gasteiger partial charge in [-0.2, -0.15) is 0 Å². The molecule has 0 aliphatic rings. The summed E-state index contributed by atoms with van der Waals surface area (Å²) < 4.78 is 1.42. The summed E-state index contributed by atoms with van der Waals surface area (Å²) in [6.07, 6.45) is 2.25. The molecule has 16 heavy (non-hydrogen) atoms. The molecule has 1 aromatic carbocycles. The maximum atomic E-state index is 11.5. The van der Waals surface area contributed by atoms with Crippen LogP contribution in [0.5, 0.6) is 0 Å². The van der Waals surface area contributed by atoms with Crippen LogP contribution in [0.1, 0.15) is 5.56 Å². The predicted octanol–water partition coefficient (Wildman–Crippen LogP) is 1.32. The zero-order chi connectivity index (χ0) is 11.5. The highest BCUT2D eigenvalue weighted by Crippen LogP contribution is 2.14. The summed E-state index contributed by atoms with van der Waals surface area (Å²) in [5.74, 6) is 0. The normalized spacial score (nSPS) is 10.6. The topological polar surface area (TPSA) is 63.8 Å². The number of aromatic amines is 1. The van der Waals surface area contributed by atoms with Crippen LogP contribution in [0.2, 0.25) is 5.15 Å². The highest BCUT2D eigenvalue weighted by atomic mass is 35.5. The largest absolute Gasteiger partial charge is 0.331 e. The van der Waals surface area contributed by atoms with Gasteiger partial charge in [0.2, 0.25) is 0 Å². The van der Waals surface area contributed by atoms with Gasteiger partial charge < -0.3 is 10.7 Å². The molecule has 1 aromatic heterocycles. The van der Waals surface area contributed by atoms with Crippen LogP contribution >= 0.6 is 11.6 Å². The van der Waals surface area contributed by atoms with E-state index in [-0.39, 0.29) is 5.69 Å². The second kappa shape index (κ2) is 4.55. The maximum Gasteiger partial charge on any atom is 0.331 e. The first kappa shape index (κ1) is 11.0. The van der Waals surface area contributed by atoms with Crippen molar-refractivity contribution in [3.63, 3.8) is 0 Å². The number of H-pyrrole nitrogens is 1. The van der Waals surface area contributed by atoms with Gasteiger partial charge in [-0.1, -0.05) is 23.7 Å². The molecule has 0 fully saturated rings. The van der Waals surface area contributed by atoms with Crippen molar-refractivity contribution in [2.75, 3.05) is 6.54 Å². The van der Waals surface area contributed by atoms with Gasteiger partial charge in [0.05, 0.1) is 5.69 Å². The molecule has 4 nitrogen and oxygen atoms in total. The number of nitrogens with one attached hydrogen (secondary N) is 1. The molecule has 0 spiro atoms. The number of hydrogen-bond acceptors (Lipinski definition) is 2. The van der Waals surface area contributed by atoms with Gasteiger partial charge in [-0.15, -0.1) is 0 Å². The fourth-order valence-electron chi connectivity index (χ4n) is 1.61. The van der Waals surface area contributed by atoms with E-state index in [4.69, 9.17) is 17.3 Å². The highest BCUT2D eigenvalue weighted by Gasteiger charge is 2.06. The van der Waals surface area contributed by atoms with Crippen LogP contribution in [-0.2, 0) is 6.42 Å². The lowest BCUT2D eigenvalue weighted by Gasteiger charge is -2.05. The molecule has 0 atom stereocenters. The molecule has 0 aliphatic carbocycles. The Labute approximate surface area is 97.7 Å². The first-order valence-electron chi connectivity index (χ1n) is 4.97. The molecule has 0 bridgehead atoms. The zero-order valence-corrected chi connectivity index (χ0v) is 9.37. The Bertz CT molecular complexity index is 544. The van der Waals surface area contributed by atoms with Crippen molar-refractivity contribution in [1.82, 2.24) is 9.55 Å². The minimum atomic E-state index is -0.241. The summed E-state index contributed by atoms with van der Waals surface area (Å²) in [5.41, 5.74) is 7.09. The molecule has 0 aliphatic heterocycles. The molecule has 2 rings (SSSR count). The van der Waals surface area contributed by atoms with E-state index in [9.17, 15) is 4.79 Å². The third-order valence-electron chi connectivity index (χ3n) is 2.33. The summed E-state index contributed by atoms with van der Waals surface area (Å²) in [6, 6.07) is 7.60. The maximum absolute atomic E-state index is 11.5. The number of nitrogens with zero attached hydrogens (tertiary/aromatic N) is 1. The van der Waals surface area contributed by atoms with Crippen LogP contribution in [0, 0.1) is 0 Å². The molecular formula is C11H12ClN3O. The standard InChI is InChI=1S/C11H12ClN3O/c12-10-7-14-11(16)15(10)9-3-1-2-8(6-9)4-5-13/h1-3,6-7H,4-5,13H2,(H,14,16). The molecule has 84 valence electrons. The molecule has 5 heteroatoms. The molecule has 1 heterocycles. The highest BCUT2D eigenvalue weighted by molar-refractivity contribution is 6.29. The number of aromatic nitrogens is 2. The summed E-state index contributed by atoms with van der Waals surface area (Å²) in [4.78, 5) is 14.0. The minimum absolute atomic E-state index is 0.241. The van der Waals surface area contributed by atoms with E-state index in [1.165, 1.54) is 10.8 Å². The van der Waals surface area contributed by atoms with Gasteiger partial charge >= 0.3 is 5.69 Å². The Kier molecular flexibility index (Phi) is 3.12. The van der Waals surface area contributed by atoms with Gasteiger partial charge in [-0.3, -0.25) is 4.57 Å². The molecule has 2 aromatic rings. The first-order valence-corrected chi connectivity index (χ1v) is 5.35. The average molecular weight is 238 g/mol. The van der Waals surface area contributed by atoms with Gasteiger partial charge in [0.1, 0.15) is 5.15 Å². The minimum Gasteiger partial charge on any atom is -0.330 e. The Balaban J connectivity index is 2.48. The summed E-state index contributed by atoms with van der Waals surface area (Å²) in [5, 5.41) is 0.370. The van der Waals surface area contributed by atoms with E-state index in [0.29, 0.717) is 11.7 Å². The molecule has 0 unspecified atom stereocenters. The second-order valence-electron chi connectivity index (χ2n) is 3.46. The zero-order valence-electron chi connectivity index (χ0n) is 8.61. The third-order valence-corrected chi connectivity index (χ3v) is 2.61. The van der Waals surface area contributed by atoms with E-state index in [0.717, 1.165) is 17.7 Å².